The molecule has 488 valence electrons. The van der Waals surface area contributed by atoms with Crippen LogP contribution in [0, 0.1) is 59.2 Å². The van der Waals surface area contributed by atoms with E-state index in [1.165, 1.54) is 0 Å². The van der Waals surface area contributed by atoms with Crippen LogP contribution in [0.3, 0.4) is 0 Å². The van der Waals surface area contributed by atoms with Crippen molar-refractivity contribution in [1.29, 1.82) is 0 Å². The Hall–Kier alpha value is -9.14. The molecule has 3 aliphatic heterocycles. The molecule has 11 unspecified atom stereocenters. The molecule has 1 aromatic heterocycles. The molecule has 18 nitrogen and oxygen atoms in total. The summed E-state index contributed by atoms with van der Waals surface area (Å²) in [6, 6.07) is 35.8. The van der Waals surface area contributed by atoms with Gasteiger partial charge in [-0.2, -0.15) is 0 Å². The summed E-state index contributed by atoms with van der Waals surface area (Å²) < 4.78 is 38.3. The largest absolute Gasteiger partial charge is 0.458 e. The van der Waals surface area contributed by atoms with Gasteiger partial charge in [0.2, 0.25) is 5.13 Å². The van der Waals surface area contributed by atoms with E-state index in [-0.39, 0.29) is 93.9 Å². The summed E-state index contributed by atoms with van der Waals surface area (Å²) in [4.78, 5) is 135. The van der Waals surface area contributed by atoms with Gasteiger partial charge in [-0.15, -0.1) is 0 Å². The van der Waals surface area contributed by atoms with E-state index in [4.69, 9.17) is 43.4 Å². The fourth-order valence-electron chi connectivity index (χ4n) is 16.6. The second kappa shape index (κ2) is 25.1. The summed E-state index contributed by atoms with van der Waals surface area (Å²) in [6.45, 7) is -1.05. The number of hydrogen-bond acceptors (Lipinski definition) is 20. The van der Waals surface area contributed by atoms with Crippen molar-refractivity contribution in [3.8, 4) is 0 Å². The SMILES string of the molecule is O=C1C(=Nc2nc3c(s2)C2=CC4C=C5OC(C(=O)OCc6ccccc6)(C(=O)OCc6ccccc6)C6=C(SC(N=C7C(=O)C8CC9CCCCC9CC8C7=O)N6)C5=CC4C=C2OC3(C(=O)OCc2ccccc2)C(=O)OCc2ccccc2)C(=O)C2CC3CCCCC3CC12. The van der Waals surface area contributed by atoms with E-state index in [0.29, 0.717) is 87.7 Å². The number of aromatic nitrogens is 1. The van der Waals surface area contributed by atoms with Crippen LogP contribution in [0.1, 0.15) is 110 Å². The average Bonchev–Trinajstić information content (AvgIpc) is 1.31. The van der Waals surface area contributed by atoms with Crippen molar-refractivity contribution in [3.05, 3.63) is 206 Å². The normalized spacial score (nSPS) is 28.4. The van der Waals surface area contributed by atoms with Crippen LogP contribution in [0.5, 0.6) is 0 Å². The Bertz CT molecular complexity index is 4130. The monoisotopic (exact) mass is 1320 g/mol. The summed E-state index contributed by atoms with van der Waals surface area (Å²) in [5.41, 5.74) is -3.99. The Morgan fingerprint density at radius 2 is 0.865 bits per heavy atom. The van der Waals surface area contributed by atoms with Gasteiger partial charge in [-0.3, -0.25) is 19.2 Å². The third-order valence-corrected chi connectivity index (χ3v) is 23.6. The van der Waals surface area contributed by atoms with Crippen molar-refractivity contribution in [2.45, 2.75) is 120 Å². The van der Waals surface area contributed by atoms with E-state index in [2.05, 4.69) is 5.32 Å². The fraction of sp³-hybridized carbons (Fsp3) is 0.382. The van der Waals surface area contributed by atoms with E-state index >= 15 is 19.2 Å². The van der Waals surface area contributed by atoms with E-state index in [1.54, 1.807) is 109 Å². The Morgan fingerprint density at radius 3 is 1.29 bits per heavy atom. The molecule has 1 N–H and O–H groups in total. The van der Waals surface area contributed by atoms with Crippen molar-refractivity contribution in [3.63, 3.8) is 0 Å². The molecule has 0 saturated heterocycles. The van der Waals surface area contributed by atoms with Gasteiger partial charge in [-0.25, -0.2) is 34.1 Å². The van der Waals surface area contributed by atoms with Gasteiger partial charge in [-0.05, 0) is 83.8 Å². The molecule has 11 atom stereocenters. The Kier molecular flexibility index (Phi) is 16.2. The number of nitrogens with zero attached hydrogens (tertiary/aromatic N) is 3. The smallest absolute Gasteiger partial charge is 0.369 e. The molecule has 0 radical (unpaired) electrons. The summed E-state index contributed by atoms with van der Waals surface area (Å²) in [6.07, 6.45) is 18.1. The van der Waals surface area contributed by atoms with Gasteiger partial charge in [0.15, 0.2) is 34.3 Å². The molecule has 16 rings (SSSR count). The minimum Gasteiger partial charge on any atom is -0.458 e. The number of carbonyl (C=O) groups excluding carboxylic acids is 8. The Balaban J connectivity index is 0.814. The maximum Gasteiger partial charge on any atom is 0.369 e. The highest BCUT2D eigenvalue weighted by Crippen LogP contribution is 2.58. The average molecular weight is 1330 g/mol. The number of benzene rings is 4. The zero-order valence-electron chi connectivity index (χ0n) is 52.4. The Morgan fingerprint density at radius 1 is 0.490 bits per heavy atom. The number of rotatable bonds is 14. The molecule has 6 saturated carbocycles. The lowest BCUT2D eigenvalue weighted by Crippen LogP contribution is -2.57. The number of ether oxygens (including phenoxy) is 6. The minimum absolute atomic E-state index is 0.0607. The number of esters is 4. The first-order chi connectivity index (χ1) is 46.8. The maximum absolute atomic E-state index is 15.5. The molecule has 4 heterocycles. The zero-order chi connectivity index (χ0) is 65.4. The van der Waals surface area contributed by atoms with Crippen LogP contribution < -0.4 is 5.32 Å². The third kappa shape index (κ3) is 10.8. The number of Topliss-reactive ketones (excluding diaryl/α,β-unsaturated/α-hetero) is 4. The van der Waals surface area contributed by atoms with Crippen LogP contribution in [0.4, 0.5) is 5.13 Å². The summed E-state index contributed by atoms with van der Waals surface area (Å²) in [7, 11) is 0. The van der Waals surface area contributed by atoms with Gasteiger partial charge in [0.1, 0.15) is 49.4 Å². The molecule has 0 bridgehead atoms. The lowest BCUT2D eigenvalue weighted by Gasteiger charge is -2.40. The van der Waals surface area contributed by atoms with Crippen LogP contribution in [-0.2, 0) is 98.8 Å². The predicted octanol–water partition coefficient (Wildman–Crippen LogP) is 11.8. The van der Waals surface area contributed by atoms with Crippen molar-refractivity contribution in [2.75, 3.05) is 0 Å². The van der Waals surface area contributed by atoms with Gasteiger partial charge >= 0.3 is 35.1 Å². The number of ketones is 4. The van der Waals surface area contributed by atoms with Gasteiger partial charge < -0.3 is 33.7 Å². The molecule has 0 amide bonds. The predicted molar refractivity (Wildman–Crippen MR) is 352 cm³/mol. The quantitative estimate of drug-likeness (QED) is 0.0617. The van der Waals surface area contributed by atoms with Crippen molar-refractivity contribution >= 4 is 92.2 Å². The number of carbonyl (C=O) groups is 8. The molecular formula is C76H68N4O14S2. The van der Waals surface area contributed by atoms with Gasteiger partial charge in [0.25, 0.3) is 0 Å². The highest BCUT2D eigenvalue weighted by atomic mass is 32.2. The summed E-state index contributed by atoms with van der Waals surface area (Å²) in [5, 5.41) is 3.21. The topological polar surface area (TPSA) is 242 Å². The molecular weight excluding hydrogens is 1260 g/mol. The van der Waals surface area contributed by atoms with E-state index in [9.17, 15) is 19.2 Å². The second-order valence-corrected chi connectivity index (χ2v) is 29.1. The lowest BCUT2D eigenvalue weighted by atomic mass is 9.64. The van der Waals surface area contributed by atoms with Crippen LogP contribution >= 0.6 is 23.1 Å². The molecule has 5 aromatic rings. The highest BCUT2D eigenvalue weighted by Gasteiger charge is 2.65. The van der Waals surface area contributed by atoms with E-state index < -0.39 is 76.1 Å². The highest BCUT2D eigenvalue weighted by molar-refractivity contribution is 8.04. The number of thiazole rings is 1. The lowest BCUT2D eigenvalue weighted by molar-refractivity contribution is -0.190. The standard InChI is InChI=1S/C76H68N4O14S2/c81-61-51-29-45-25-13-14-26-46(45)30-52(51)62(82)59(61)77-73-79-67-65(95-73)55-33-50-36-58-56(34-49(50)35-57(55)93-75(67,69(85)89-37-41-17-5-1-6-18-41)70(86)90-38-42-19-7-2-8-20-42)66-68(80-74(96-66)78-60-63(83)53-31-47-27-15-16-28-48(47)32-54(53)64(60)84)76(94-58,71(87)91-39-43-21-9-3-10-22-43)72(88)92-40-44-23-11-4-12-24-44/h1-12,17-24,33-36,45-54,73,79H,13-16,25-32,37-40H2. The summed E-state index contributed by atoms with van der Waals surface area (Å²) >= 11 is 2.07. The molecule has 11 aliphatic rings. The number of fused-ring (bicyclic) bond motifs is 10. The first-order valence-electron chi connectivity index (χ1n) is 33.4. The van der Waals surface area contributed by atoms with Crippen LogP contribution in [0.2, 0.25) is 0 Å². The minimum atomic E-state index is -2.74. The van der Waals surface area contributed by atoms with Crippen molar-refractivity contribution < 1.29 is 66.8 Å². The summed E-state index contributed by atoms with van der Waals surface area (Å²) in [5.74, 6) is -7.57. The first kappa shape index (κ1) is 61.7. The number of allylic oxidation sites excluding steroid dienone is 6. The van der Waals surface area contributed by atoms with Crippen LogP contribution in [0.15, 0.2) is 183 Å². The number of thioether (sulfide) groups is 1. The van der Waals surface area contributed by atoms with Crippen LogP contribution in [-0.4, -0.2) is 74.5 Å². The van der Waals surface area contributed by atoms with E-state index in [1.807, 2.05) is 36.4 Å². The molecule has 0 spiro atoms. The number of hydrogen-bond donors (Lipinski definition) is 1. The Labute approximate surface area is 561 Å². The zero-order valence-corrected chi connectivity index (χ0v) is 54.0. The van der Waals surface area contributed by atoms with Crippen LogP contribution in [0.25, 0.3) is 5.57 Å². The second-order valence-electron chi connectivity index (χ2n) is 27.1. The van der Waals surface area contributed by atoms with Gasteiger partial charge in [0, 0.05) is 51.6 Å². The maximum atomic E-state index is 15.5. The fourth-order valence-corrected chi connectivity index (χ4v) is 18.8. The first-order valence-corrected chi connectivity index (χ1v) is 35.1. The number of nitrogens with one attached hydrogen (secondary N) is 1. The molecule has 20 heteroatoms. The molecule has 96 heavy (non-hydrogen) atoms. The molecule has 6 fully saturated rings. The van der Waals surface area contributed by atoms with Gasteiger partial charge in [-0.1, -0.05) is 208 Å². The molecule has 4 aromatic carbocycles. The van der Waals surface area contributed by atoms with Crippen molar-refractivity contribution in [1.82, 2.24) is 10.3 Å². The molecule has 8 aliphatic carbocycles. The van der Waals surface area contributed by atoms with Crippen molar-refractivity contribution in [2.24, 2.45) is 69.2 Å². The van der Waals surface area contributed by atoms with E-state index in [0.717, 1.165) is 74.5 Å². The number of aliphatic imine (C=N–C) groups is 2. The van der Waals surface area contributed by atoms with Gasteiger partial charge in [0.05, 0.1) is 10.6 Å². The third-order valence-electron chi connectivity index (χ3n) is 21.5.